The molecule has 1 N–H and O–H groups in total. The monoisotopic (exact) mass is 624 g/mol. The molecule has 0 aliphatic heterocycles. The van der Waals surface area contributed by atoms with E-state index < -0.39 is 6.10 Å². The van der Waals surface area contributed by atoms with Gasteiger partial charge in [-0.15, -0.1) is 0 Å². The van der Waals surface area contributed by atoms with Crippen LogP contribution in [0.1, 0.15) is 61.0 Å². The van der Waals surface area contributed by atoms with E-state index in [1.165, 1.54) is 6.08 Å². The maximum atomic E-state index is 11.0. The van der Waals surface area contributed by atoms with Crippen LogP contribution in [0.25, 0.3) is 10.8 Å². The van der Waals surface area contributed by atoms with Crippen LogP contribution < -0.4 is 14.2 Å². The molecule has 0 bridgehead atoms. The largest absolute Gasteiger partial charge is 0.494 e. The molecule has 0 saturated carbocycles. The van der Waals surface area contributed by atoms with Gasteiger partial charge in [0.2, 0.25) is 0 Å². The van der Waals surface area contributed by atoms with Crippen LogP contribution in [0.2, 0.25) is 0 Å². The Kier molecular flexibility index (Phi) is 13.3. The summed E-state index contributed by atoms with van der Waals surface area (Å²) in [4.78, 5) is 15.9. The lowest BCUT2D eigenvalue weighted by molar-refractivity contribution is -0.270. The zero-order valence-corrected chi connectivity index (χ0v) is 26.3. The first-order valence-corrected chi connectivity index (χ1v) is 15.3. The highest BCUT2D eigenvalue weighted by Gasteiger charge is 2.16. The number of nitrogens with zero attached hydrogens (tertiary/aromatic N) is 2. The van der Waals surface area contributed by atoms with Crippen molar-refractivity contribution >= 4 is 29.2 Å². The van der Waals surface area contributed by atoms with Gasteiger partial charge in [0.1, 0.15) is 11.9 Å². The summed E-state index contributed by atoms with van der Waals surface area (Å²) in [5.41, 5.74) is 3.38. The van der Waals surface area contributed by atoms with Gasteiger partial charge in [-0.1, -0.05) is 43.0 Å². The number of carbonyl (C=O) groups is 1. The number of hydrogen-bond acceptors (Lipinski definition) is 9. The Morgan fingerprint density at radius 3 is 2.13 bits per heavy atom. The van der Waals surface area contributed by atoms with Crippen molar-refractivity contribution in [1.82, 2.24) is 0 Å². The van der Waals surface area contributed by atoms with Crippen molar-refractivity contribution in [2.75, 3.05) is 26.9 Å². The fourth-order valence-electron chi connectivity index (χ4n) is 4.80. The molecule has 1 atom stereocenters. The van der Waals surface area contributed by atoms with E-state index in [-0.39, 0.29) is 5.97 Å². The highest BCUT2D eigenvalue weighted by Crippen LogP contribution is 2.30. The summed E-state index contributed by atoms with van der Waals surface area (Å²) >= 11 is 0. The van der Waals surface area contributed by atoms with Crippen LogP contribution >= 0.6 is 0 Å². The molecule has 4 aromatic carbocycles. The number of esters is 1. The second-order valence-electron chi connectivity index (χ2n) is 10.4. The second kappa shape index (κ2) is 18.1. The van der Waals surface area contributed by atoms with Crippen LogP contribution in [-0.2, 0) is 14.4 Å². The molecule has 9 heteroatoms. The SMILES string of the molecule is C=CC(=O)OCCCCCCOc1ccc(C(OO)c2ccc3cc(C=NN=Cc4ccc(OC)c(OCC)c4)ccc3c2)cc1. The van der Waals surface area contributed by atoms with Crippen LogP contribution in [0.5, 0.6) is 17.2 Å². The van der Waals surface area contributed by atoms with Crippen molar-refractivity contribution in [3.63, 3.8) is 0 Å². The van der Waals surface area contributed by atoms with Gasteiger partial charge < -0.3 is 18.9 Å². The van der Waals surface area contributed by atoms with Crippen molar-refractivity contribution in [1.29, 1.82) is 0 Å². The lowest BCUT2D eigenvalue weighted by Gasteiger charge is -2.16. The smallest absolute Gasteiger partial charge is 0.330 e. The van der Waals surface area contributed by atoms with Gasteiger partial charge in [0.25, 0.3) is 0 Å². The normalized spacial score (nSPS) is 12.0. The van der Waals surface area contributed by atoms with Gasteiger partial charge in [0, 0.05) is 6.08 Å². The number of benzene rings is 4. The predicted molar refractivity (Wildman–Crippen MR) is 180 cm³/mol. The third-order valence-electron chi connectivity index (χ3n) is 7.17. The molecule has 0 aliphatic carbocycles. The minimum absolute atomic E-state index is 0.386. The molecule has 46 heavy (non-hydrogen) atoms. The third-order valence-corrected chi connectivity index (χ3v) is 7.17. The summed E-state index contributed by atoms with van der Waals surface area (Å²) < 4.78 is 21.8. The molecule has 0 fully saturated rings. The highest BCUT2D eigenvalue weighted by atomic mass is 17.1. The van der Waals surface area contributed by atoms with E-state index in [4.69, 9.17) is 23.8 Å². The van der Waals surface area contributed by atoms with E-state index in [1.807, 2.05) is 85.8 Å². The first-order chi connectivity index (χ1) is 22.5. The van der Waals surface area contributed by atoms with Gasteiger partial charge in [0.05, 0.1) is 39.4 Å². The Morgan fingerprint density at radius 1 is 0.783 bits per heavy atom. The fraction of sp³-hybridized carbons (Fsp3) is 0.270. The molecule has 0 heterocycles. The van der Waals surface area contributed by atoms with Crippen LogP contribution in [0, 0.1) is 0 Å². The molecule has 4 aromatic rings. The maximum absolute atomic E-state index is 11.0. The lowest BCUT2D eigenvalue weighted by atomic mass is 9.97. The minimum Gasteiger partial charge on any atom is -0.494 e. The number of hydrogen-bond donors (Lipinski definition) is 1. The number of fused-ring (bicyclic) bond motifs is 1. The summed E-state index contributed by atoms with van der Waals surface area (Å²) in [5.74, 6) is 1.69. The van der Waals surface area contributed by atoms with Crippen LogP contribution in [0.3, 0.4) is 0 Å². The van der Waals surface area contributed by atoms with Crippen LogP contribution in [0.15, 0.2) is 102 Å². The number of carbonyl (C=O) groups excluding carboxylic acids is 1. The number of ether oxygens (including phenoxy) is 4. The van der Waals surface area contributed by atoms with Gasteiger partial charge in [-0.25, -0.2) is 9.68 Å². The molecule has 0 amide bonds. The van der Waals surface area contributed by atoms with E-state index in [9.17, 15) is 10.1 Å². The van der Waals surface area contributed by atoms with Crippen molar-refractivity contribution in [3.05, 3.63) is 114 Å². The second-order valence-corrected chi connectivity index (χ2v) is 10.4. The van der Waals surface area contributed by atoms with E-state index in [0.29, 0.717) is 31.3 Å². The molecule has 0 radical (unpaired) electrons. The standard InChI is InChI=1S/C37H40N2O7/c1-4-36(40)45-21-9-7-6-8-20-44-33-17-15-29(16-18-33)37(46-41)32-14-13-30-22-27(10-12-31(30)24-32)25-38-39-26-28-11-19-34(42-3)35(23-28)43-5-2/h4,10-19,22-26,37,41H,1,5-9,20-21H2,2-3H3. The number of unbranched alkanes of at least 4 members (excludes halogenated alkanes) is 3. The van der Waals surface area contributed by atoms with E-state index in [0.717, 1.165) is 64.5 Å². The lowest BCUT2D eigenvalue weighted by Crippen LogP contribution is -2.04. The molecule has 0 spiro atoms. The number of rotatable bonds is 18. The van der Waals surface area contributed by atoms with E-state index in [1.54, 1.807) is 19.5 Å². The Morgan fingerprint density at radius 2 is 1.43 bits per heavy atom. The Hall–Kier alpha value is -4.99. The molecular weight excluding hydrogens is 584 g/mol. The molecule has 240 valence electrons. The predicted octanol–water partition coefficient (Wildman–Crippen LogP) is 7.95. The zero-order chi connectivity index (χ0) is 32.6. The molecular formula is C37H40N2O7. The molecule has 0 saturated heterocycles. The van der Waals surface area contributed by atoms with E-state index in [2.05, 4.69) is 16.8 Å². The van der Waals surface area contributed by atoms with E-state index >= 15 is 0 Å². The summed E-state index contributed by atoms with van der Waals surface area (Å²) in [6, 6.07) is 25.0. The molecule has 0 aromatic heterocycles. The van der Waals surface area contributed by atoms with Crippen molar-refractivity contribution in [2.24, 2.45) is 10.2 Å². The topological polar surface area (TPSA) is 108 Å². The molecule has 1 unspecified atom stereocenters. The molecule has 4 rings (SSSR count). The van der Waals surface area contributed by atoms with Crippen LogP contribution in [-0.4, -0.2) is 50.6 Å². The average Bonchev–Trinajstić information content (AvgIpc) is 3.09. The highest BCUT2D eigenvalue weighted by molar-refractivity contribution is 5.91. The van der Waals surface area contributed by atoms with Crippen molar-refractivity contribution in [3.8, 4) is 17.2 Å². The maximum Gasteiger partial charge on any atom is 0.330 e. The van der Waals surface area contributed by atoms with Gasteiger partial charge in [-0.2, -0.15) is 10.2 Å². The quantitative estimate of drug-likeness (QED) is 0.0299. The summed E-state index contributed by atoms with van der Waals surface area (Å²) in [5, 5.41) is 20.2. The molecule has 9 nitrogen and oxygen atoms in total. The Labute approximate surface area is 269 Å². The number of methoxy groups -OCH3 is 1. The fourth-order valence-corrected chi connectivity index (χ4v) is 4.80. The first-order valence-electron chi connectivity index (χ1n) is 15.3. The minimum atomic E-state index is -0.648. The van der Waals surface area contributed by atoms with Gasteiger partial charge in [-0.3, -0.25) is 5.26 Å². The van der Waals surface area contributed by atoms with Gasteiger partial charge >= 0.3 is 5.97 Å². The summed E-state index contributed by atoms with van der Waals surface area (Å²) in [6.45, 7) is 6.84. The summed E-state index contributed by atoms with van der Waals surface area (Å²) in [6.07, 6.45) is 7.54. The Bertz CT molecular complexity index is 1630. The third kappa shape index (κ3) is 10.0. The molecule has 0 aliphatic rings. The summed E-state index contributed by atoms with van der Waals surface area (Å²) in [7, 11) is 1.61. The van der Waals surface area contributed by atoms with Crippen molar-refractivity contribution in [2.45, 2.75) is 38.7 Å². The van der Waals surface area contributed by atoms with Gasteiger partial charge in [-0.05, 0) is 108 Å². The Balaban J connectivity index is 1.30. The average molecular weight is 625 g/mol. The van der Waals surface area contributed by atoms with Crippen molar-refractivity contribution < 1.29 is 33.9 Å². The van der Waals surface area contributed by atoms with Crippen LogP contribution in [0.4, 0.5) is 0 Å². The van der Waals surface area contributed by atoms with Gasteiger partial charge in [0.15, 0.2) is 11.5 Å². The first kappa shape index (κ1) is 33.9. The zero-order valence-electron chi connectivity index (χ0n) is 26.3.